The van der Waals surface area contributed by atoms with Gasteiger partial charge in [0.25, 0.3) is 0 Å². The van der Waals surface area contributed by atoms with Crippen molar-refractivity contribution in [3.8, 4) is 0 Å². The maximum Gasteiger partial charge on any atom is 0.419 e. The molecule has 0 spiro atoms. The molecular formula is C15H21F4N. The third-order valence-corrected chi connectivity index (χ3v) is 3.39. The lowest BCUT2D eigenvalue weighted by Crippen LogP contribution is -2.27. The summed E-state index contributed by atoms with van der Waals surface area (Å²) in [6.45, 7) is 6.67. The van der Waals surface area contributed by atoms with E-state index in [0.29, 0.717) is 12.1 Å². The molecule has 1 N–H and O–H groups in total. The van der Waals surface area contributed by atoms with Gasteiger partial charge in [-0.2, -0.15) is 13.2 Å². The second kappa shape index (κ2) is 7.07. The molecule has 0 amide bonds. The fourth-order valence-corrected chi connectivity index (χ4v) is 2.44. The first-order valence-corrected chi connectivity index (χ1v) is 6.91. The van der Waals surface area contributed by atoms with Gasteiger partial charge in [-0.15, -0.1) is 0 Å². The van der Waals surface area contributed by atoms with Gasteiger partial charge in [-0.1, -0.05) is 33.3 Å². The van der Waals surface area contributed by atoms with Gasteiger partial charge in [0, 0.05) is 6.04 Å². The Bertz CT molecular complexity index is 428. The molecule has 114 valence electrons. The van der Waals surface area contributed by atoms with E-state index >= 15 is 0 Å². The van der Waals surface area contributed by atoms with Crippen molar-refractivity contribution in [1.29, 1.82) is 0 Å². The number of hydrogen-bond acceptors (Lipinski definition) is 1. The van der Waals surface area contributed by atoms with Gasteiger partial charge in [-0.3, -0.25) is 0 Å². The minimum Gasteiger partial charge on any atom is -0.310 e. The number of halogens is 4. The third-order valence-electron chi connectivity index (χ3n) is 3.39. The Morgan fingerprint density at radius 2 is 1.85 bits per heavy atom. The number of hydrogen-bond donors (Lipinski definition) is 1. The van der Waals surface area contributed by atoms with Crippen molar-refractivity contribution in [2.24, 2.45) is 5.92 Å². The second-order valence-corrected chi connectivity index (χ2v) is 5.04. The highest BCUT2D eigenvalue weighted by molar-refractivity contribution is 5.29. The molecule has 0 fully saturated rings. The Morgan fingerprint density at radius 1 is 1.20 bits per heavy atom. The van der Waals surface area contributed by atoms with Crippen LogP contribution in [0.2, 0.25) is 0 Å². The fraction of sp³-hybridized carbons (Fsp3) is 0.600. The van der Waals surface area contributed by atoms with Crippen LogP contribution in [0, 0.1) is 11.7 Å². The Hall–Kier alpha value is -1.10. The van der Waals surface area contributed by atoms with Crippen molar-refractivity contribution in [2.45, 2.75) is 45.8 Å². The van der Waals surface area contributed by atoms with Gasteiger partial charge in [-0.25, -0.2) is 4.39 Å². The lowest BCUT2D eigenvalue weighted by Gasteiger charge is -2.25. The SMILES string of the molecule is CCCC(C)C(NCC)c1ccc(C(F)(F)F)c(F)c1. The molecule has 1 aromatic rings. The summed E-state index contributed by atoms with van der Waals surface area (Å²) in [4.78, 5) is 0. The molecule has 0 heterocycles. The van der Waals surface area contributed by atoms with Gasteiger partial charge in [0.05, 0.1) is 5.56 Å². The number of rotatable bonds is 6. The topological polar surface area (TPSA) is 12.0 Å². The molecule has 0 aliphatic rings. The standard InChI is InChI=1S/C15H21F4N/c1-4-6-10(3)14(20-5-2)11-7-8-12(13(16)9-11)15(17,18)19/h7-10,14,20H,4-6H2,1-3H3. The molecule has 0 saturated heterocycles. The van der Waals surface area contributed by atoms with E-state index in [9.17, 15) is 17.6 Å². The molecule has 0 saturated carbocycles. The van der Waals surface area contributed by atoms with E-state index in [1.54, 1.807) is 0 Å². The second-order valence-electron chi connectivity index (χ2n) is 5.04. The van der Waals surface area contributed by atoms with E-state index in [4.69, 9.17) is 0 Å². The lowest BCUT2D eigenvalue weighted by atomic mass is 9.90. The average molecular weight is 291 g/mol. The summed E-state index contributed by atoms with van der Waals surface area (Å²) < 4.78 is 51.3. The smallest absolute Gasteiger partial charge is 0.310 e. The largest absolute Gasteiger partial charge is 0.419 e. The van der Waals surface area contributed by atoms with E-state index < -0.39 is 17.6 Å². The van der Waals surface area contributed by atoms with Gasteiger partial charge in [-0.05, 0) is 36.6 Å². The predicted molar refractivity (Wildman–Crippen MR) is 71.9 cm³/mol. The van der Waals surface area contributed by atoms with E-state index in [0.717, 1.165) is 25.0 Å². The molecule has 0 aliphatic heterocycles. The van der Waals surface area contributed by atoms with Gasteiger partial charge in [0.2, 0.25) is 0 Å². The Balaban J connectivity index is 3.07. The van der Waals surface area contributed by atoms with Crippen molar-refractivity contribution >= 4 is 0 Å². The fourth-order valence-electron chi connectivity index (χ4n) is 2.44. The van der Waals surface area contributed by atoms with Crippen LogP contribution in [0.15, 0.2) is 18.2 Å². The van der Waals surface area contributed by atoms with Crippen LogP contribution in [0.1, 0.15) is 50.8 Å². The molecular weight excluding hydrogens is 270 g/mol. The van der Waals surface area contributed by atoms with Crippen LogP contribution >= 0.6 is 0 Å². The molecule has 0 aliphatic carbocycles. The zero-order chi connectivity index (χ0) is 15.3. The third kappa shape index (κ3) is 4.20. The molecule has 2 atom stereocenters. The van der Waals surface area contributed by atoms with Gasteiger partial charge < -0.3 is 5.32 Å². The molecule has 2 unspecified atom stereocenters. The van der Waals surface area contributed by atoms with Crippen molar-refractivity contribution in [3.63, 3.8) is 0 Å². The first-order chi connectivity index (χ1) is 9.31. The minimum absolute atomic E-state index is 0.128. The maximum atomic E-state index is 13.6. The molecule has 1 aromatic carbocycles. The molecule has 5 heteroatoms. The van der Waals surface area contributed by atoms with Crippen LogP contribution in [-0.2, 0) is 6.18 Å². The van der Waals surface area contributed by atoms with Gasteiger partial charge in [0.15, 0.2) is 0 Å². The van der Waals surface area contributed by atoms with Crippen LogP contribution in [-0.4, -0.2) is 6.54 Å². The van der Waals surface area contributed by atoms with Crippen molar-refractivity contribution in [2.75, 3.05) is 6.54 Å². The predicted octanol–water partition coefficient (Wildman–Crippen LogP) is 4.93. The Labute approximate surface area is 117 Å². The minimum atomic E-state index is -4.65. The first-order valence-electron chi connectivity index (χ1n) is 6.91. The first kappa shape index (κ1) is 17.0. The Kier molecular flexibility index (Phi) is 5.99. The van der Waals surface area contributed by atoms with E-state index in [-0.39, 0.29) is 12.0 Å². The van der Waals surface area contributed by atoms with E-state index in [1.165, 1.54) is 6.07 Å². The van der Waals surface area contributed by atoms with Crippen LogP contribution < -0.4 is 5.32 Å². The van der Waals surface area contributed by atoms with Crippen LogP contribution in [0.5, 0.6) is 0 Å². The van der Waals surface area contributed by atoms with E-state index in [2.05, 4.69) is 5.32 Å². The summed E-state index contributed by atoms with van der Waals surface area (Å²) in [5, 5.41) is 3.22. The lowest BCUT2D eigenvalue weighted by molar-refractivity contribution is -0.140. The van der Waals surface area contributed by atoms with Crippen LogP contribution in [0.3, 0.4) is 0 Å². The summed E-state index contributed by atoms with van der Waals surface area (Å²) in [6, 6.07) is 3.07. The van der Waals surface area contributed by atoms with E-state index in [1.807, 2.05) is 20.8 Å². The van der Waals surface area contributed by atoms with Gasteiger partial charge >= 0.3 is 6.18 Å². The highest BCUT2D eigenvalue weighted by Gasteiger charge is 2.34. The highest BCUT2D eigenvalue weighted by Crippen LogP contribution is 2.34. The zero-order valence-electron chi connectivity index (χ0n) is 12.0. The number of nitrogens with one attached hydrogen (secondary N) is 1. The van der Waals surface area contributed by atoms with Crippen LogP contribution in [0.4, 0.5) is 17.6 Å². The monoisotopic (exact) mass is 291 g/mol. The maximum absolute atomic E-state index is 13.6. The summed E-state index contributed by atoms with van der Waals surface area (Å²) in [5.74, 6) is -0.974. The summed E-state index contributed by atoms with van der Waals surface area (Å²) in [7, 11) is 0. The zero-order valence-corrected chi connectivity index (χ0v) is 12.0. The highest BCUT2D eigenvalue weighted by atomic mass is 19.4. The molecule has 0 bridgehead atoms. The molecule has 0 aromatic heterocycles. The van der Waals surface area contributed by atoms with Gasteiger partial charge in [0.1, 0.15) is 5.82 Å². The summed E-state index contributed by atoms with van der Waals surface area (Å²) >= 11 is 0. The molecule has 1 rings (SSSR count). The normalized spacial score (nSPS) is 15.2. The summed E-state index contributed by atoms with van der Waals surface area (Å²) in [5.41, 5.74) is -0.641. The number of benzene rings is 1. The average Bonchev–Trinajstić information content (AvgIpc) is 2.34. The van der Waals surface area contributed by atoms with Crippen molar-refractivity contribution < 1.29 is 17.6 Å². The quantitative estimate of drug-likeness (QED) is 0.733. The van der Waals surface area contributed by atoms with Crippen molar-refractivity contribution in [1.82, 2.24) is 5.32 Å². The number of alkyl halides is 3. The molecule has 20 heavy (non-hydrogen) atoms. The Morgan fingerprint density at radius 3 is 2.30 bits per heavy atom. The van der Waals surface area contributed by atoms with Crippen LogP contribution in [0.25, 0.3) is 0 Å². The van der Waals surface area contributed by atoms with Crippen molar-refractivity contribution in [3.05, 3.63) is 35.1 Å². The molecule has 0 radical (unpaired) electrons. The summed E-state index contributed by atoms with van der Waals surface area (Å²) in [6.07, 6.45) is -2.74. The molecule has 1 nitrogen and oxygen atoms in total.